The number of nitrogens with two attached hydrogens (primary N) is 1. The van der Waals surface area contributed by atoms with Gasteiger partial charge >= 0.3 is 5.97 Å². The van der Waals surface area contributed by atoms with Crippen molar-refractivity contribution in [1.82, 2.24) is 0 Å². The molecule has 0 radical (unpaired) electrons. The second kappa shape index (κ2) is 10.7. The molecule has 0 saturated heterocycles. The molecule has 6 heteroatoms. The standard InChI is InChI=1S/C19H21F2NO2.C4H10S/c1-4-24-17(23)10-16(22)14-8-13(9-15(20)19(14)21)18-11(2)6-5-7-12(18)3;1-4(2,3)5/h5-9,16H,4,10,22H2,1-3H3;5H,1-3H3. The fourth-order valence-corrected chi connectivity index (χ4v) is 2.80. The van der Waals surface area contributed by atoms with E-state index in [9.17, 15) is 13.6 Å². The first-order chi connectivity index (χ1) is 13.3. The van der Waals surface area contributed by atoms with Crippen molar-refractivity contribution in [1.29, 1.82) is 0 Å². The SMILES string of the molecule is CC(C)(C)S.CCOC(=O)CC(N)c1cc(-c2c(C)cccc2C)cc(F)c1F. The van der Waals surface area contributed by atoms with Gasteiger partial charge in [0.15, 0.2) is 11.6 Å². The molecule has 2 rings (SSSR count). The van der Waals surface area contributed by atoms with Crippen LogP contribution in [0.2, 0.25) is 0 Å². The van der Waals surface area contributed by atoms with Crippen molar-refractivity contribution >= 4 is 18.6 Å². The molecule has 2 aromatic carbocycles. The third-order valence-electron chi connectivity index (χ3n) is 3.92. The summed E-state index contributed by atoms with van der Waals surface area (Å²) >= 11 is 4.12. The van der Waals surface area contributed by atoms with Crippen LogP contribution in [0.15, 0.2) is 30.3 Å². The average molecular weight is 424 g/mol. The molecule has 0 fully saturated rings. The number of carbonyl (C=O) groups excluding carboxylic acids is 1. The van der Waals surface area contributed by atoms with E-state index in [2.05, 4.69) is 33.4 Å². The molecule has 0 aliphatic carbocycles. The lowest BCUT2D eigenvalue weighted by atomic mass is 9.92. The van der Waals surface area contributed by atoms with Gasteiger partial charge in [-0.15, -0.1) is 0 Å². The summed E-state index contributed by atoms with van der Waals surface area (Å²) in [6.07, 6.45) is -0.208. The minimum absolute atomic E-state index is 0.0271. The maximum Gasteiger partial charge on any atom is 0.307 e. The lowest BCUT2D eigenvalue weighted by Crippen LogP contribution is -2.19. The Morgan fingerprint density at radius 2 is 1.69 bits per heavy atom. The number of rotatable bonds is 5. The summed E-state index contributed by atoms with van der Waals surface area (Å²) in [7, 11) is 0. The Morgan fingerprint density at radius 1 is 1.17 bits per heavy atom. The number of halogens is 2. The number of thiol groups is 1. The minimum Gasteiger partial charge on any atom is -0.466 e. The van der Waals surface area contributed by atoms with E-state index in [4.69, 9.17) is 10.5 Å². The van der Waals surface area contributed by atoms with Crippen LogP contribution in [0.3, 0.4) is 0 Å². The summed E-state index contributed by atoms with van der Waals surface area (Å²) in [5, 5.41) is 0. The van der Waals surface area contributed by atoms with Crippen molar-refractivity contribution in [3.8, 4) is 11.1 Å². The molecular formula is C23H31F2NO2S. The topological polar surface area (TPSA) is 52.3 Å². The third-order valence-corrected chi connectivity index (χ3v) is 3.92. The molecule has 1 unspecified atom stereocenters. The number of carbonyl (C=O) groups is 1. The highest BCUT2D eigenvalue weighted by Gasteiger charge is 2.21. The lowest BCUT2D eigenvalue weighted by molar-refractivity contribution is -0.143. The molecule has 2 N–H and O–H groups in total. The first-order valence-corrected chi connectivity index (χ1v) is 9.99. The smallest absolute Gasteiger partial charge is 0.307 e. The maximum absolute atomic E-state index is 14.2. The molecule has 0 saturated carbocycles. The normalized spacial score (nSPS) is 12.1. The number of esters is 1. The van der Waals surface area contributed by atoms with Crippen LogP contribution in [0.4, 0.5) is 8.78 Å². The van der Waals surface area contributed by atoms with Crippen LogP contribution >= 0.6 is 12.6 Å². The summed E-state index contributed by atoms with van der Waals surface area (Å²) in [4.78, 5) is 11.6. The largest absolute Gasteiger partial charge is 0.466 e. The fourth-order valence-electron chi connectivity index (χ4n) is 2.80. The second-order valence-electron chi connectivity index (χ2n) is 7.91. The molecule has 1 atom stereocenters. The molecule has 0 aromatic heterocycles. The van der Waals surface area contributed by atoms with Crippen LogP contribution in [0.25, 0.3) is 11.1 Å². The number of ether oxygens (including phenoxy) is 1. The van der Waals surface area contributed by atoms with E-state index in [0.717, 1.165) is 22.8 Å². The summed E-state index contributed by atoms with van der Waals surface area (Å²) in [5.74, 6) is -2.55. The van der Waals surface area contributed by atoms with Crippen LogP contribution in [-0.4, -0.2) is 17.3 Å². The minimum atomic E-state index is -1.03. The van der Waals surface area contributed by atoms with Gasteiger partial charge in [0.1, 0.15) is 0 Å². The van der Waals surface area contributed by atoms with Gasteiger partial charge in [0.25, 0.3) is 0 Å². The molecule has 29 heavy (non-hydrogen) atoms. The fraction of sp³-hybridized carbons (Fsp3) is 0.435. The van der Waals surface area contributed by atoms with Gasteiger partial charge < -0.3 is 10.5 Å². The number of aryl methyl sites for hydroxylation is 2. The molecule has 0 amide bonds. The van der Waals surface area contributed by atoms with E-state index in [1.807, 2.05) is 32.0 Å². The van der Waals surface area contributed by atoms with Crippen molar-refractivity contribution in [2.45, 2.75) is 58.8 Å². The highest BCUT2D eigenvalue weighted by Crippen LogP contribution is 2.32. The molecular weight excluding hydrogens is 392 g/mol. The molecule has 0 spiro atoms. The maximum atomic E-state index is 14.2. The van der Waals surface area contributed by atoms with Crippen LogP contribution in [-0.2, 0) is 9.53 Å². The van der Waals surface area contributed by atoms with Gasteiger partial charge in [-0.25, -0.2) is 8.78 Å². The number of hydrogen-bond donors (Lipinski definition) is 2. The summed E-state index contributed by atoms with van der Waals surface area (Å²) in [6.45, 7) is 11.8. The quantitative estimate of drug-likeness (QED) is 0.464. The number of hydrogen-bond acceptors (Lipinski definition) is 4. The monoisotopic (exact) mass is 423 g/mol. The van der Waals surface area contributed by atoms with E-state index in [1.165, 1.54) is 6.07 Å². The summed E-state index contributed by atoms with van der Waals surface area (Å²) < 4.78 is 33.3. The van der Waals surface area contributed by atoms with Crippen molar-refractivity contribution in [2.24, 2.45) is 5.73 Å². The Morgan fingerprint density at radius 3 is 2.17 bits per heavy atom. The van der Waals surface area contributed by atoms with Gasteiger partial charge in [-0.1, -0.05) is 39.0 Å². The van der Waals surface area contributed by atoms with Crippen molar-refractivity contribution in [3.63, 3.8) is 0 Å². The van der Waals surface area contributed by atoms with Gasteiger partial charge in [0.2, 0.25) is 0 Å². The lowest BCUT2D eigenvalue weighted by Gasteiger charge is -2.16. The van der Waals surface area contributed by atoms with Crippen LogP contribution in [0.1, 0.15) is 56.8 Å². The first-order valence-electron chi connectivity index (χ1n) is 9.54. The first kappa shape index (κ1) is 25.1. The zero-order chi connectivity index (χ0) is 22.4. The zero-order valence-electron chi connectivity index (χ0n) is 18.0. The van der Waals surface area contributed by atoms with Gasteiger partial charge in [0, 0.05) is 16.4 Å². The molecule has 160 valence electrons. The van der Waals surface area contributed by atoms with Crippen molar-refractivity contribution in [2.75, 3.05) is 6.61 Å². The average Bonchev–Trinajstić information content (AvgIpc) is 2.56. The van der Waals surface area contributed by atoms with E-state index >= 15 is 0 Å². The van der Waals surface area contributed by atoms with Crippen molar-refractivity contribution in [3.05, 3.63) is 58.7 Å². The number of benzene rings is 2. The molecule has 0 aliphatic heterocycles. The van der Waals surface area contributed by atoms with Crippen LogP contribution in [0.5, 0.6) is 0 Å². The van der Waals surface area contributed by atoms with E-state index < -0.39 is 23.6 Å². The Balaban J connectivity index is 0.000000749. The summed E-state index contributed by atoms with van der Waals surface area (Å²) in [5.41, 5.74) is 9.16. The second-order valence-corrected chi connectivity index (χ2v) is 9.26. The Kier molecular flexibility index (Phi) is 9.30. The Hall–Kier alpha value is -1.92. The molecule has 0 heterocycles. The van der Waals surface area contributed by atoms with Gasteiger partial charge in [-0.05, 0) is 55.2 Å². The van der Waals surface area contributed by atoms with Crippen molar-refractivity contribution < 1.29 is 18.3 Å². The molecule has 3 nitrogen and oxygen atoms in total. The molecule has 0 bridgehead atoms. The van der Waals surface area contributed by atoms with Gasteiger partial charge in [0.05, 0.1) is 13.0 Å². The Bertz CT molecular complexity index is 821. The van der Waals surface area contributed by atoms with Crippen LogP contribution in [0, 0.1) is 25.5 Å². The van der Waals surface area contributed by atoms with E-state index in [-0.39, 0.29) is 23.3 Å². The predicted octanol–water partition coefficient (Wildman–Crippen LogP) is 5.92. The zero-order valence-corrected chi connectivity index (χ0v) is 18.9. The molecule has 0 aliphatic rings. The van der Waals surface area contributed by atoms with Gasteiger partial charge in [-0.3, -0.25) is 4.79 Å². The molecule has 2 aromatic rings. The van der Waals surface area contributed by atoms with Gasteiger partial charge in [-0.2, -0.15) is 12.6 Å². The summed E-state index contributed by atoms with van der Waals surface area (Å²) in [6, 6.07) is 7.41. The van der Waals surface area contributed by atoms with E-state index in [0.29, 0.717) is 5.56 Å². The highest BCUT2D eigenvalue weighted by atomic mass is 32.1. The predicted molar refractivity (Wildman–Crippen MR) is 118 cm³/mol. The van der Waals surface area contributed by atoms with Crippen LogP contribution < -0.4 is 5.73 Å². The van der Waals surface area contributed by atoms with E-state index in [1.54, 1.807) is 6.92 Å². The Labute approximate surface area is 178 Å². The highest BCUT2D eigenvalue weighted by molar-refractivity contribution is 7.81. The third kappa shape index (κ3) is 8.15.